The number of amides is 1. The van der Waals surface area contributed by atoms with Gasteiger partial charge in [-0.2, -0.15) is 0 Å². The van der Waals surface area contributed by atoms with E-state index in [2.05, 4.69) is 36.5 Å². The molecule has 0 bridgehead atoms. The molecule has 0 radical (unpaired) electrons. The zero-order valence-electron chi connectivity index (χ0n) is 38.9. The van der Waals surface area contributed by atoms with Crippen molar-refractivity contribution >= 4 is 5.91 Å². The van der Waals surface area contributed by atoms with Crippen LogP contribution in [0.2, 0.25) is 0 Å². The summed E-state index contributed by atoms with van der Waals surface area (Å²) < 4.78 is 33.6. The van der Waals surface area contributed by atoms with Crippen LogP contribution in [0.1, 0.15) is 123 Å². The molecule has 12 N–H and O–H groups in total. The van der Waals surface area contributed by atoms with Crippen molar-refractivity contribution < 1.29 is 89.4 Å². The van der Waals surface area contributed by atoms with E-state index in [9.17, 15) is 61.0 Å². The van der Waals surface area contributed by atoms with Gasteiger partial charge in [0.15, 0.2) is 18.9 Å². The Hall–Kier alpha value is -1.99. The topological polar surface area (TPSA) is 307 Å². The van der Waals surface area contributed by atoms with Crippen LogP contribution in [0.5, 0.6) is 0 Å². The Morgan fingerprint density at radius 2 is 0.939 bits per heavy atom. The summed E-state index contributed by atoms with van der Waals surface area (Å²) in [5, 5.41) is 118. The van der Waals surface area contributed by atoms with Crippen LogP contribution in [0.3, 0.4) is 0 Å². The Bertz CT molecular complexity index is 1370. The van der Waals surface area contributed by atoms with E-state index in [-0.39, 0.29) is 6.61 Å². The second-order valence-electron chi connectivity index (χ2n) is 17.6. The SMILES string of the molecule is CCCCCCCCCCCCCC/C=C/CC/C=C/CC/C=C/C(O)C(COC1OC(CO)C(OC2OC(CO)C(OC3OC(CO)C(O)C(O)C3O)C(O)C2O)C(O)C1O)NC(C)=O. The molecule has 0 aliphatic carbocycles. The van der Waals surface area contributed by atoms with Gasteiger partial charge in [-0.3, -0.25) is 4.79 Å². The van der Waals surface area contributed by atoms with E-state index >= 15 is 0 Å². The number of aliphatic hydroxyl groups excluding tert-OH is 11. The molecule has 17 unspecified atom stereocenters. The number of allylic oxidation sites excluding steroid dienone is 5. The molecule has 384 valence electrons. The van der Waals surface area contributed by atoms with Crippen molar-refractivity contribution in [3.05, 3.63) is 36.5 Å². The Labute approximate surface area is 390 Å². The minimum atomic E-state index is -1.98. The largest absolute Gasteiger partial charge is 0.394 e. The van der Waals surface area contributed by atoms with Crippen LogP contribution in [-0.2, 0) is 33.2 Å². The number of nitrogens with one attached hydrogen (secondary N) is 1. The molecule has 3 saturated heterocycles. The second kappa shape index (κ2) is 32.8. The Morgan fingerprint density at radius 3 is 1.42 bits per heavy atom. The zero-order valence-corrected chi connectivity index (χ0v) is 38.9. The summed E-state index contributed by atoms with van der Waals surface area (Å²) >= 11 is 0. The third-order valence-corrected chi connectivity index (χ3v) is 12.2. The zero-order chi connectivity index (χ0) is 48.4. The Kier molecular flexibility index (Phi) is 28.9. The fraction of sp³-hybridized carbons (Fsp3) is 0.851. The standard InChI is InChI=1S/C47H83NO18/c1-3-4-5-6-7-8-9-10-11-12-13-14-15-16-17-18-19-20-21-22-23-24-25-32(53)31(48-30(2)52)29-61-45-41(59)38(56)43(34(27-50)63-45)66-47-42(60)39(57)44(35(28-51)64-47)65-46-40(58)37(55)36(54)33(26-49)62-46/h16-17,20-21,24-25,31-47,49-51,53-60H,3-15,18-19,22-23,26-29H2,1-2H3,(H,48,52)/b17-16+,21-20+,25-24+. The highest BCUT2D eigenvalue weighted by Gasteiger charge is 2.53. The van der Waals surface area contributed by atoms with Gasteiger partial charge in [0.1, 0.15) is 73.2 Å². The lowest BCUT2D eigenvalue weighted by molar-refractivity contribution is -0.379. The van der Waals surface area contributed by atoms with Gasteiger partial charge in [-0.1, -0.05) is 114 Å². The van der Waals surface area contributed by atoms with E-state index in [0.717, 1.165) is 25.7 Å². The van der Waals surface area contributed by atoms with E-state index in [1.165, 1.54) is 90.0 Å². The third-order valence-electron chi connectivity index (χ3n) is 12.2. The minimum Gasteiger partial charge on any atom is -0.394 e. The van der Waals surface area contributed by atoms with Crippen molar-refractivity contribution in [1.82, 2.24) is 5.32 Å². The summed E-state index contributed by atoms with van der Waals surface area (Å²) in [7, 11) is 0. The monoisotopic (exact) mass is 950 g/mol. The lowest BCUT2D eigenvalue weighted by Gasteiger charge is -2.48. The van der Waals surface area contributed by atoms with E-state index in [4.69, 9.17) is 28.4 Å². The van der Waals surface area contributed by atoms with Gasteiger partial charge in [-0.15, -0.1) is 0 Å². The molecule has 66 heavy (non-hydrogen) atoms. The van der Waals surface area contributed by atoms with Gasteiger partial charge in [0.25, 0.3) is 0 Å². The van der Waals surface area contributed by atoms with Crippen molar-refractivity contribution in [2.24, 2.45) is 0 Å². The molecular weight excluding hydrogens is 867 g/mol. The maximum atomic E-state index is 12.0. The van der Waals surface area contributed by atoms with Crippen molar-refractivity contribution in [1.29, 1.82) is 0 Å². The molecule has 0 spiro atoms. The molecular formula is C47H83NO18. The molecule has 3 aliphatic heterocycles. The van der Waals surface area contributed by atoms with E-state index in [0.29, 0.717) is 6.42 Å². The van der Waals surface area contributed by atoms with Crippen LogP contribution in [0, 0.1) is 0 Å². The first-order chi connectivity index (χ1) is 31.8. The lowest BCUT2D eigenvalue weighted by Crippen LogP contribution is -2.66. The molecule has 0 aromatic heterocycles. The molecule has 19 heteroatoms. The normalized spacial score (nSPS) is 34.1. The highest BCUT2D eigenvalue weighted by molar-refractivity contribution is 5.73. The average molecular weight is 950 g/mol. The molecule has 0 aromatic rings. The number of unbranched alkanes of at least 4 members (excludes halogenated alkanes) is 14. The fourth-order valence-electron chi connectivity index (χ4n) is 8.20. The highest BCUT2D eigenvalue weighted by atomic mass is 16.8. The molecule has 3 aliphatic rings. The van der Waals surface area contributed by atoms with Crippen molar-refractivity contribution in [2.45, 2.75) is 227 Å². The van der Waals surface area contributed by atoms with Crippen LogP contribution in [0.4, 0.5) is 0 Å². The number of carbonyl (C=O) groups is 1. The maximum absolute atomic E-state index is 12.0. The third kappa shape index (κ3) is 19.4. The highest BCUT2D eigenvalue weighted by Crippen LogP contribution is 2.33. The number of aliphatic hydroxyl groups is 11. The van der Waals surface area contributed by atoms with Gasteiger partial charge in [0.05, 0.1) is 38.6 Å². The smallest absolute Gasteiger partial charge is 0.217 e. The predicted molar refractivity (Wildman–Crippen MR) is 240 cm³/mol. The summed E-state index contributed by atoms with van der Waals surface area (Å²) in [4.78, 5) is 12.0. The van der Waals surface area contributed by atoms with Crippen LogP contribution in [-0.4, -0.2) is 193 Å². The molecule has 3 fully saturated rings. The number of hydrogen-bond donors (Lipinski definition) is 12. The maximum Gasteiger partial charge on any atom is 0.217 e. The van der Waals surface area contributed by atoms with Gasteiger partial charge in [-0.05, 0) is 38.5 Å². The van der Waals surface area contributed by atoms with Crippen LogP contribution < -0.4 is 5.32 Å². The quantitative estimate of drug-likeness (QED) is 0.0325. The van der Waals surface area contributed by atoms with Gasteiger partial charge >= 0.3 is 0 Å². The minimum absolute atomic E-state index is 0.388. The number of hydrogen-bond acceptors (Lipinski definition) is 18. The lowest BCUT2D eigenvalue weighted by atomic mass is 9.96. The average Bonchev–Trinajstić information content (AvgIpc) is 3.30. The summed E-state index contributed by atoms with van der Waals surface area (Å²) in [6.07, 6.45) is 5.75. The molecule has 19 nitrogen and oxygen atoms in total. The molecule has 3 heterocycles. The van der Waals surface area contributed by atoms with Gasteiger partial charge in [0.2, 0.25) is 5.91 Å². The summed E-state index contributed by atoms with van der Waals surface area (Å²) in [6, 6.07) is -0.994. The van der Waals surface area contributed by atoms with E-state index in [1.54, 1.807) is 6.08 Å². The number of ether oxygens (including phenoxy) is 6. The summed E-state index contributed by atoms with van der Waals surface area (Å²) in [5.41, 5.74) is 0. The molecule has 3 rings (SSSR count). The molecule has 0 aromatic carbocycles. The van der Waals surface area contributed by atoms with Crippen molar-refractivity contribution in [3.8, 4) is 0 Å². The van der Waals surface area contributed by atoms with Gasteiger partial charge in [-0.25, -0.2) is 0 Å². The first-order valence-electron chi connectivity index (χ1n) is 24.2. The summed E-state index contributed by atoms with van der Waals surface area (Å²) in [6.45, 7) is 0.690. The first-order valence-corrected chi connectivity index (χ1v) is 24.2. The van der Waals surface area contributed by atoms with Gasteiger partial charge < -0.3 is 89.9 Å². The van der Waals surface area contributed by atoms with E-state index in [1.807, 2.05) is 0 Å². The van der Waals surface area contributed by atoms with Crippen molar-refractivity contribution in [3.63, 3.8) is 0 Å². The van der Waals surface area contributed by atoms with Crippen LogP contribution in [0.15, 0.2) is 36.5 Å². The second-order valence-corrected chi connectivity index (χ2v) is 17.6. The first kappa shape index (κ1) is 58.3. The Morgan fingerprint density at radius 1 is 0.530 bits per heavy atom. The number of carbonyl (C=O) groups excluding carboxylic acids is 1. The predicted octanol–water partition coefficient (Wildman–Crippen LogP) is 0.637. The van der Waals surface area contributed by atoms with Gasteiger partial charge in [0, 0.05) is 6.92 Å². The molecule has 17 atom stereocenters. The van der Waals surface area contributed by atoms with Crippen LogP contribution in [0.25, 0.3) is 0 Å². The van der Waals surface area contributed by atoms with Crippen LogP contribution >= 0.6 is 0 Å². The fourth-order valence-corrected chi connectivity index (χ4v) is 8.20. The molecule has 1 amide bonds. The Balaban J connectivity index is 1.39. The summed E-state index contributed by atoms with van der Waals surface area (Å²) in [5.74, 6) is -0.468. The van der Waals surface area contributed by atoms with E-state index < -0.39 is 130 Å². The van der Waals surface area contributed by atoms with Crippen molar-refractivity contribution in [2.75, 3.05) is 26.4 Å². The molecule has 0 saturated carbocycles. The number of rotatable bonds is 32.